The van der Waals surface area contributed by atoms with Gasteiger partial charge in [0.05, 0.1) is 25.5 Å². The van der Waals surface area contributed by atoms with Crippen LogP contribution in [-0.2, 0) is 14.3 Å². The van der Waals surface area contributed by atoms with Crippen molar-refractivity contribution in [3.63, 3.8) is 0 Å². The third kappa shape index (κ3) is 4.28. The molecule has 0 bridgehead atoms. The molecule has 1 aromatic heterocycles. The van der Waals surface area contributed by atoms with Crippen LogP contribution in [-0.4, -0.2) is 43.2 Å². The quantitative estimate of drug-likeness (QED) is 0.753. The number of hydrogen-bond donors (Lipinski definition) is 2. The number of rotatable bonds is 6. The summed E-state index contributed by atoms with van der Waals surface area (Å²) in [6, 6.07) is 6.89. The largest absolute Gasteiger partial charge is 0.495 e. The monoisotopic (exact) mass is 374 g/mol. The number of amides is 1. The fourth-order valence-corrected chi connectivity index (χ4v) is 2.62. The van der Waals surface area contributed by atoms with Gasteiger partial charge in [0.25, 0.3) is 5.91 Å². The molecule has 0 saturated carbocycles. The maximum atomic E-state index is 12.4. The predicted octanol–water partition coefficient (Wildman–Crippen LogP) is 2.61. The van der Waals surface area contributed by atoms with E-state index in [4.69, 9.17) is 14.2 Å². The van der Waals surface area contributed by atoms with Gasteiger partial charge in [-0.2, -0.15) is 0 Å². The Morgan fingerprint density at radius 1 is 1.07 bits per heavy atom. The molecule has 8 heteroatoms. The van der Waals surface area contributed by atoms with E-state index >= 15 is 0 Å². The summed E-state index contributed by atoms with van der Waals surface area (Å²) in [4.78, 5) is 39.4. The first-order chi connectivity index (χ1) is 12.8. The number of carbonyl (C=O) groups excluding carboxylic acids is 3. The lowest BCUT2D eigenvalue weighted by atomic mass is 10.1. The first-order valence-corrected chi connectivity index (χ1v) is 8.22. The average molecular weight is 374 g/mol. The van der Waals surface area contributed by atoms with E-state index in [0.717, 1.165) is 0 Å². The average Bonchev–Trinajstić information content (AvgIpc) is 2.95. The first-order valence-electron chi connectivity index (χ1n) is 8.22. The van der Waals surface area contributed by atoms with Crippen molar-refractivity contribution < 1.29 is 28.6 Å². The number of para-hydroxylation sites is 2. The number of carbonyl (C=O) groups is 3. The summed E-state index contributed by atoms with van der Waals surface area (Å²) < 4.78 is 15.1. The van der Waals surface area contributed by atoms with E-state index in [-0.39, 0.29) is 11.3 Å². The number of esters is 2. The molecule has 2 rings (SSSR count). The molecule has 1 aromatic carbocycles. The molecule has 0 aliphatic carbocycles. The minimum Gasteiger partial charge on any atom is -0.495 e. The number of anilines is 1. The van der Waals surface area contributed by atoms with Crippen LogP contribution in [0.15, 0.2) is 24.3 Å². The fraction of sp³-hybridized carbons (Fsp3) is 0.316. The maximum absolute atomic E-state index is 12.4. The molecule has 1 heterocycles. The number of benzene rings is 1. The van der Waals surface area contributed by atoms with Crippen molar-refractivity contribution >= 4 is 23.5 Å². The van der Waals surface area contributed by atoms with Gasteiger partial charge in [-0.05, 0) is 38.5 Å². The van der Waals surface area contributed by atoms with Crippen molar-refractivity contribution in [3.8, 4) is 5.75 Å². The Hall–Kier alpha value is -3.29. The number of nitrogens with one attached hydrogen (secondary N) is 2. The lowest BCUT2D eigenvalue weighted by Crippen LogP contribution is -2.30. The highest BCUT2D eigenvalue weighted by atomic mass is 16.5. The van der Waals surface area contributed by atoms with E-state index in [1.54, 1.807) is 38.1 Å². The van der Waals surface area contributed by atoms with Gasteiger partial charge in [-0.3, -0.25) is 4.79 Å². The van der Waals surface area contributed by atoms with Gasteiger partial charge in [-0.1, -0.05) is 12.1 Å². The molecule has 0 saturated heterocycles. The molecular formula is C19H22N2O6. The highest BCUT2D eigenvalue weighted by Crippen LogP contribution is 2.24. The Morgan fingerprint density at radius 2 is 1.74 bits per heavy atom. The summed E-state index contributed by atoms with van der Waals surface area (Å²) >= 11 is 0. The smallest absolute Gasteiger partial charge is 0.355 e. The number of aromatic nitrogens is 1. The summed E-state index contributed by atoms with van der Waals surface area (Å²) in [5.41, 5.74) is 1.73. The molecule has 1 atom stereocenters. The number of H-pyrrole nitrogens is 1. The second-order valence-corrected chi connectivity index (χ2v) is 5.85. The second kappa shape index (κ2) is 8.39. The zero-order chi connectivity index (χ0) is 20.1. The number of aryl methyl sites for hydroxylation is 1. The number of ether oxygens (including phenoxy) is 3. The first kappa shape index (κ1) is 20.0. The van der Waals surface area contributed by atoms with Gasteiger partial charge < -0.3 is 24.5 Å². The fourth-order valence-electron chi connectivity index (χ4n) is 2.62. The molecule has 0 unspecified atom stereocenters. The Balaban J connectivity index is 2.11. The Kier molecular flexibility index (Phi) is 6.23. The van der Waals surface area contributed by atoms with E-state index in [0.29, 0.717) is 22.7 Å². The second-order valence-electron chi connectivity index (χ2n) is 5.85. The van der Waals surface area contributed by atoms with Gasteiger partial charge in [0.15, 0.2) is 6.10 Å². The van der Waals surface area contributed by atoms with Crippen LogP contribution in [0.1, 0.15) is 39.0 Å². The topological polar surface area (TPSA) is 107 Å². The van der Waals surface area contributed by atoms with Crippen molar-refractivity contribution in [3.05, 3.63) is 46.8 Å². The molecule has 1 amide bonds. The molecule has 144 valence electrons. The molecule has 2 N–H and O–H groups in total. The van der Waals surface area contributed by atoms with Gasteiger partial charge in [0.1, 0.15) is 11.4 Å². The minimum absolute atomic E-state index is 0.102. The van der Waals surface area contributed by atoms with Crippen LogP contribution < -0.4 is 10.1 Å². The maximum Gasteiger partial charge on any atom is 0.355 e. The standard InChI is InChI=1S/C19H22N2O6/c1-10-15(18(23)26-5)11(2)20-16(10)19(24)27-12(3)17(22)21-13-8-6-7-9-14(13)25-4/h6-9,12,20H,1-5H3,(H,21,22)/t12-/m0/s1. The number of aromatic amines is 1. The third-order valence-corrected chi connectivity index (χ3v) is 4.05. The lowest BCUT2D eigenvalue weighted by Gasteiger charge is -2.15. The van der Waals surface area contributed by atoms with E-state index in [9.17, 15) is 14.4 Å². The van der Waals surface area contributed by atoms with Gasteiger partial charge in [-0.15, -0.1) is 0 Å². The Morgan fingerprint density at radius 3 is 2.37 bits per heavy atom. The summed E-state index contributed by atoms with van der Waals surface area (Å²) in [7, 11) is 2.75. The number of hydrogen-bond acceptors (Lipinski definition) is 6. The summed E-state index contributed by atoms with van der Waals surface area (Å²) in [5, 5.41) is 2.65. The van der Waals surface area contributed by atoms with Crippen molar-refractivity contribution in [1.29, 1.82) is 0 Å². The van der Waals surface area contributed by atoms with Crippen molar-refractivity contribution in [2.45, 2.75) is 26.9 Å². The van der Waals surface area contributed by atoms with Crippen LogP contribution in [0.25, 0.3) is 0 Å². The van der Waals surface area contributed by atoms with Crippen LogP contribution in [0.2, 0.25) is 0 Å². The molecule has 2 aromatic rings. The summed E-state index contributed by atoms with van der Waals surface area (Å²) in [6.07, 6.45) is -1.06. The Labute approximate surface area is 156 Å². The molecule has 0 radical (unpaired) electrons. The third-order valence-electron chi connectivity index (χ3n) is 4.05. The molecule has 0 aliphatic rings. The van der Waals surface area contributed by atoms with Crippen molar-refractivity contribution in [1.82, 2.24) is 4.98 Å². The van der Waals surface area contributed by atoms with Crippen LogP contribution in [0.3, 0.4) is 0 Å². The molecule has 0 aliphatic heterocycles. The summed E-state index contributed by atoms with van der Waals surface area (Å²) in [6.45, 7) is 4.70. The van der Waals surface area contributed by atoms with Crippen LogP contribution >= 0.6 is 0 Å². The molecule has 27 heavy (non-hydrogen) atoms. The van der Waals surface area contributed by atoms with Crippen LogP contribution in [0.5, 0.6) is 5.75 Å². The van der Waals surface area contributed by atoms with E-state index in [2.05, 4.69) is 10.3 Å². The van der Waals surface area contributed by atoms with Crippen LogP contribution in [0.4, 0.5) is 5.69 Å². The normalized spacial score (nSPS) is 11.4. The zero-order valence-corrected chi connectivity index (χ0v) is 15.8. The van der Waals surface area contributed by atoms with Gasteiger partial charge >= 0.3 is 11.9 Å². The van der Waals surface area contributed by atoms with Crippen molar-refractivity contribution in [2.24, 2.45) is 0 Å². The zero-order valence-electron chi connectivity index (χ0n) is 15.8. The van der Waals surface area contributed by atoms with E-state index in [1.807, 2.05) is 0 Å². The highest BCUT2D eigenvalue weighted by Gasteiger charge is 2.26. The minimum atomic E-state index is -1.06. The molecule has 8 nitrogen and oxygen atoms in total. The SMILES string of the molecule is COC(=O)c1c(C)[nH]c(C(=O)O[C@@H](C)C(=O)Nc2ccccc2OC)c1C. The number of methoxy groups -OCH3 is 2. The summed E-state index contributed by atoms with van der Waals surface area (Å²) in [5.74, 6) is -1.32. The lowest BCUT2D eigenvalue weighted by molar-refractivity contribution is -0.123. The van der Waals surface area contributed by atoms with E-state index < -0.39 is 23.9 Å². The van der Waals surface area contributed by atoms with Crippen molar-refractivity contribution in [2.75, 3.05) is 19.5 Å². The van der Waals surface area contributed by atoms with Gasteiger partial charge in [0.2, 0.25) is 0 Å². The molecule has 0 spiro atoms. The molecular weight excluding hydrogens is 352 g/mol. The van der Waals surface area contributed by atoms with Crippen LogP contribution in [0, 0.1) is 13.8 Å². The predicted molar refractivity (Wildman–Crippen MR) is 98.1 cm³/mol. The Bertz CT molecular complexity index is 871. The van der Waals surface area contributed by atoms with E-state index in [1.165, 1.54) is 21.1 Å². The highest BCUT2D eigenvalue weighted by molar-refractivity contribution is 6.00. The van der Waals surface area contributed by atoms with Gasteiger partial charge in [0, 0.05) is 5.69 Å². The van der Waals surface area contributed by atoms with Gasteiger partial charge in [-0.25, -0.2) is 9.59 Å². The molecule has 0 fully saturated rings.